The predicted molar refractivity (Wildman–Crippen MR) is 104 cm³/mol. The molecule has 1 aromatic rings. The first-order valence-electron chi connectivity index (χ1n) is 10.6. The molecular formula is C24H30FN. The maximum Gasteiger partial charge on any atom is 0.141 e. The maximum atomic E-state index is 14.0. The Bertz CT molecular complexity index is 728. The highest BCUT2D eigenvalue weighted by Gasteiger charge is 2.42. The normalized spacial score (nSPS) is 33.6. The summed E-state index contributed by atoms with van der Waals surface area (Å²) in [5.74, 6) is 4.11. The molecule has 138 valence electrons. The third-order valence-electron chi connectivity index (χ3n) is 7.49. The zero-order chi connectivity index (χ0) is 18.1. The first kappa shape index (κ1) is 17.8. The van der Waals surface area contributed by atoms with Crippen LogP contribution in [0.1, 0.15) is 75.8 Å². The van der Waals surface area contributed by atoms with Crippen LogP contribution in [0.2, 0.25) is 0 Å². The Kier molecular flexibility index (Phi) is 5.16. The highest BCUT2D eigenvalue weighted by Crippen LogP contribution is 2.53. The Balaban J connectivity index is 1.48. The number of rotatable bonds is 3. The van der Waals surface area contributed by atoms with Gasteiger partial charge in [0.1, 0.15) is 11.9 Å². The van der Waals surface area contributed by atoms with Crippen LogP contribution in [0, 0.1) is 46.7 Å². The molecule has 2 fully saturated rings. The van der Waals surface area contributed by atoms with E-state index in [2.05, 4.69) is 13.0 Å². The van der Waals surface area contributed by atoms with Gasteiger partial charge in [-0.1, -0.05) is 38.3 Å². The smallest absolute Gasteiger partial charge is 0.141 e. The molecule has 0 radical (unpaired) electrons. The molecular weight excluding hydrogens is 321 g/mol. The van der Waals surface area contributed by atoms with Crippen molar-refractivity contribution in [2.45, 2.75) is 64.7 Å². The monoisotopic (exact) mass is 351 g/mol. The molecule has 2 heteroatoms. The molecule has 3 aliphatic rings. The minimum absolute atomic E-state index is 0.146. The largest absolute Gasteiger partial charge is 0.206 e. The van der Waals surface area contributed by atoms with Gasteiger partial charge in [0, 0.05) is 0 Å². The van der Waals surface area contributed by atoms with Gasteiger partial charge in [-0.15, -0.1) is 0 Å². The summed E-state index contributed by atoms with van der Waals surface area (Å²) in [4.78, 5) is 0. The SMILES string of the molecule is CCCC1CCC2C(CCC3CC(c4ccc(C#N)c(F)c4)=CCC32)C1. The minimum atomic E-state index is -0.383. The van der Waals surface area contributed by atoms with Crippen LogP contribution in [0.4, 0.5) is 4.39 Å². The van der Waals surface area contributed by atoms with Crippen molar-refractivity contribution in [3.05, 3.63) is 41.2 Å². The summed E-state index contributed by atoms with van der Waals surface area (Å²) < 4.78 is 14.0. The average molecular weight is 352 g/mol. The lowest BCUT2D eigenvalue weighted by molar-refractivity contribution is 0.0329. The summed E-state index contributed by atoms with van der Waals surface area (Å²) >= 11 is 0. The first-order valence-corrected chi connectivity index (χ1v) is 10.6. The topological polar surface area (TPSA) is 23.8 Å². The summed E-state index contributed by atoms with van der Waals surface area (Å²) in [6, 6.07) is 7.04. The van der Waals surface area contributed by atoms with Crippen molar-refractivity contribution in [1.82, 2.24) is 0 Å². The van der Waals surface area contributed by atoms with Crippen LogP contribution in [0.15, 0.2) is 24.3 Å². The highest BCUT2D eigenvalue weighted by molar-refractivity contribution is 5.67. The van der Waals surface area contributed by atoms with Crippen molar-refractivity contribution in [1.29, 1.82) is 5.26 Å². The second kappa shape index (κ2) is 7.55. The van der Waals surface area contributed by atoms with Crippen LogP contribution < -0.4 is 0 Å². The van der Waals surface area contributed by atoms with Crippen molar-refractivity contribution in [3.63, 3.8) is 0 Å². The number of halogens is 1. The van der Waals surface area contributed by atoms with Crippen LogP contribution in [-0.2, 0) is 0 Å². The number of nitrogens with zero attached hydrogens (tertiary/aromatic N) is 1. The van der Waals surface area contributed by atoms with Gasteiger partial charge in [-0.2, -0.15) is 5.26 Å². The molecule has 0 aliphatic heterocycles. The zero-order valence-electron chi connectivity index (χ0n) is 15.9. The van der Waals surface area contributed by atoms with E-state index in [9.17, 15) is 4.39 Å². The molecule has 0 heterocycles. The molecule has 0 spiro atoms. The lowest BCUT2D eigenvalue weighted by Gasteiger charge is -2.49. The Morgan fingerprint density at radius 1 is 1.12 bits per heavy atom. The minimum Gasteiger partial charge on any atom is -0.206 e. The number of nitriles is 1. The van der Waals surface area contributed by atoms with E-state index in [0.717, 1.165) is 41.6 Å². The van der Waals surface area contributed by atoms with Crippen molar-refractivity contribution < 1.29 is 4.39 Å². The molecule has 0 N–H and O–H groups in total. The molecule has 0 saturated heterocycles. The second-order valence-electron chi connectivity index (χ2n) is 8.87. The third-order valence-corrected chi connectivity index (χ3v) is 7.49. The standard InChI is InChI=1S/C24H30FN/c1-2-3-16-4-10-22-19(12-16)6-7-20-13-17(9-11-23(20)22)18-5-8-21(15-26)24(25)14-18/h5,8-9,14,16,19-20,22-23H,2-4,6-7,10-13H2,1H3. The fourth-order valence-corrected chi connectivity index (χ4v) is 6.25. The lowest BCUT2D eigenvalue weighted by Crippen LogP contribution is -2.39. The van der Waals surface area contributed by atoms with Crippen LogP contribution in [0.3, 0.4) is 0 Å². The molecule has 3 aliphatic carbocycles. The number of hydrogen-bond donors (Lipinski definition) is 0. The van der Waals surface area contributed by atoms with E-state index < -0.39 is 0 Å². The quantitative estimate of drug-likeness (QED) is 0.592. The number of hydrogen-bond acceptors (Lipinski definition) is 1. The van der Waals surface area contributed by atoms with E-state index in [1.54, 1.807) is 12.1 Å². The van der Waals surface area contributed by atoms with E-state index in [-0.39, 0.29) is 11.4 Å². The molecule has 0 aromatic heterocycles. The second-order valence-corrected chi connectivity index (χ2v) is 8.87. The van der Waals surface area contributed by atoms with Gasteiger partial charge < -0.3 is 0 Å². The Labute approximate surface area is 157 Å². The van der Waals surface area contributed by atoms with E-state index in [1.807, 2.05) is 12.1 Å². The van der Waals surface area contributed by atoms with Crippen molar-refractivity contribution in [2.24, 2.45) is 29.6 Å². The number of benzene rings is 1. The number of fused-ring (bicyclic) bond motifs is 3. The van der Waals surface area contributed by atoms with Crippen LogP contribution in [-0.4, -0.2) is 0 Å². The summed E-state index contributed by atoms with van der Waals surface area (Å²) in [5.41, 5.74) is 2.42. The fraction of sp³-hybridized carbons (Fsp3) is 0.625. The van der Waals surface area contributed by atoms with Crippen LogP contribution in [0.25, 0.3) is 5.57 Å². The highest BCUT2D eigenvalue weighted by atomic mass is 19.1. The molecule has 1 nitrogen and oxygen atoms in total. The Morgan fingerprint density at radius 2 is 1.96 bits per heavy atom. The third kappa shape index (κ3) is 3.34. The van der Waals surface area contributed by atoms with Crippen LogP contribution >= 0.6 is 0 Å². The van der Waals surface area contributed by atoms with Crippen molar-refractivity contribution in [3.8, 4) is 6.07 Å². The summed E-state index contributed by atoms with van der Waals surface area (Å²) in [6.07, 6.45) is 14.5. The van der Waals surface area contributed by atoms with Gasteiger partial charge in [-0.25, -0.2) is 4.39 Å². The fourth-order valence-electron chi connectivity index (χ4n) is 6.25. The van der Waals surface area contributed by atoms with Gasteiger partial charge in [0.05, 0.1) is 5.56 Å². The van der Waals surface area contributed by atoms with Crippen LogP contribution in [0.5, 0.6) is 0 Å². The van der Waals surface area contributed by atoms with Gasteiger partial charge in [-0.3, -0.25) is 0 Å². The molecule has 2 saturated carbocycles. The van der Waals surface area contributed by atoms with Gasteiger partial charge in [-0.05, 0) is 91.4 Å². The maximum absolute atomic E-state index is 14.0. The summed E-state index contributed by atoms with van der Waals surface area (Å²) in [5, 5.41) is 8.93. The van der Waals surface area contributed by atoms with E-state index in [1.165, 1.54) is 56.9 Å². The zero-order valence-corrected chi connectivity index (χ0v) is 15.9. The van der Waals surface area contributed by atoms with E-state index >= 15 is 0 Å². The number of allylic oxidation sites excluding steroid dienone is 2. The van der Waals surface area contributed by atoms with Crippen molar-refractivity contribution in [2.75, 3.05) is 0 Å². The van der Waals surface area contributed by atoms with E-state index in [4.69, 9.17) is 5.26 Å². The molecule has 5 atom stereocenters. The predicted octanol–water partition coefficient (Wildman–Crippen LogP) is 6.73. The molecule has 0 amide bonds. The molecule has 5 unspecified atom stereocenters. The lowest BCUT2D eigenvalue weighted by atomic mass is 9.56. The van der Waals surface area contributed by atoms with Gasteiger partial charge in [0.2, 0.25) is 0 Å². The Hall–Kier alpha value is -1.62. The molecule has 0 bridgehead atoms. The average Bonchev–Trinajstić information content (AvgIpc) is 2.67. The summed E-state index contributed by atoms with van der Waals surface area (Å²) in [7, 11) is 0. The van der Waals surface area contributed by atoms with E-state index in [0.29, 0.717) is 0 Å². The Morgan fingerprint density at radius 3 is 2.73 bits per heavy atom. The van der Waals surface area contributed by atoms with Gasteiger partial charge in [0.15, 0.2) is 0 Å². The van der Waals surface area contributed by atoms with Gasteiger partial charge >= 0.3 is 0 Å². The molecule has 1 aromatic carbocycles. The van der Waals surface area contributed by atoms with Crippen molar-refractivity contribution >= 4 is 5.57 Å². The summed E-state index contributed by atoms with van der Waals surface area (Å²) in [6.45, 7) is 2.32. The first-order chi connectivity index (χ1) is 12.7. The molecule has 26 heavy (non-hydrogen) atoms. The molecule has 4 rings (SSSR count). The van der Waals surface area contributed by atoms with Gasteiger partial charge in [0.25, 0.3) is 0 Å².